The molecule has 168 valence electrons. The Morgan fingerprint density at radius 1 is 1.06 bits per heavy atom. The molecule has 0 bridgehead atoms. The Bertz CT molecular complexity index is 1190. The van der Waals surface area contributed by atoms with Gasteiger partial charge in [0.05, 0.1) is 18.9 Å². The van der Waals surface area contributed by atoms with Crippen molar-refractivity contribution < 1.29 is 36.2 Å². The van der Waals surface area contributed by atoms with Crippen molar-refractivity contribution in [1.82, 2.24) is 9.78 Å². The Kier molecular flexibility index (Phi) is 6.61. The van der Waals surface area contributed by atoms with E-state index in [1.165, 1.54) is 37.6 Å². The van der Waals surface area contributed by atoms with Crippen LogP contribution in [0, 0.1) is 36.0 Å². The zero-order chi connectivity index (χ0) is 23.6. The summed E-state index contributed by atoms with van der Waals surface area (Å²) in [4.78, 5) is 12.4. The molecule has 0 N–H and O–H groups in total. The van der Waals surface area contributed by atoms with Gasteiger partial charge in [0.1, 0.15) is 12.4 Å². The number of allylic oxidation sites excluding steroid dienone is 1. The first-order chi connectivity index (χ1) is 15.1. The molecule has 0 saturated heterocycles. The largest absolute Gasteiger partial charge is 0.496 e. The predicted octanol–water partition coefficient (Wildman–Crippen LogP) is 4.91. The highest BCUT2D eigenvalue weighted by molar-refractivity contribution is 6.07. The zero-order valence-electron chi connectivity index (χ0n) is 17.2. The van der Waals surface area contributed by atoms with Crippen molar-refractivity contribution in [3.8, 4) is 11.5 Å². The summed E-state index contributed by atoms with van der Waals surface area (Å²) < 4.78 is 79.2. The Hall–Kier alpha value is -3.69. The molecule has 5 nitrogen and oxygen atoms in total. The maximum absolute atomic E-state index is 13.8. The number of aromatic nitrogens is 2. The number of methoxy groups -OCH3 is 1. The van der Waals surface area contributed by atoms with Gasteiger partial charge in [-0.1, -0.05) is 12.1 Å². The Morgan fingerprint density at radius 3 is 2.25 bits per heavy atom. The average Bonchev–Trinajstić information content (AvgIpc) is 3.13. The van der Waals surface area contributed by atoms with Crippen molar-refractivity contribution in [2.24, 2.45) is 7.05 Å². The maximum Gasteiger partial charge on any atom is 0.207 e. The minimum atomic E-state index is -2.27. The maximum atomic E-state index is 13.8. The van der Waals surface area contributed by atoms with E-state index in [4.69, 9.17) is 9.47 Å². The van der Waals surface area contributed by atoms with Gasteiger partial charge in [0.15, 0.2) is 11.5 Å². The van der Waals surface area contributed by atoms with Crippen LogP contribution < -0.4 is 9.47 Å². The summed E-state index contributed by atoms with van der Waals surface area (Å²) in [6.07, 6.45) is 4.26. The topological polar surface area (TPSA) is 53.3 Å². The molecule has 0 aliphatic rings. The van der Waals surface area contributed by atoms with Gasteiger partial charge in [-0.05, 0) is 30.7 Å². The molecular weight excluding hydrogens is 435 g/mol. The fourth-order valence-corrected chi connectivity index (χ4v) is 2.88. The van der Waals surface area contributed by atoms with Crippen LogP contribution in [0.25, 0.3) is 6.08 Å². The average molecular weight is 452 g/mol. The van der Waals surface area contributed by atoms with Crippen LogP contribution >= 0.6 is 0 Å². The van der Waals surface area contributed by atoms with Gasteiger partial charge in [-0.25, -0.2) is 13.2 Å². The second kappa shape index (κ2) is 9.21. The van der Waals surface area contributed by atoms with Crippen LogP contribution in [0.1, 0.15) is 27.2 Å². The summed E-state index contributed by atoms with van der Waals surface area (Å²) in [5.74, 6) is -12.1. The molecule has 0 radical (unpaired) electrons. The summed E-state index contributed by atoms with van der Waals surface area (Å²) in [6, 6.07) is 4.61. The smallest absolute Gasteiger partial charge is 0.207 e. The molecule has 0 saturated carbocycles. The number of nitrogens with zero attached hydrogens (tertiary/aromatic N) is 2. The lowest BCUT2D eigenvalue weighted by atomic mass is 10.1. The van der Waals surface area contributed by atoms with Crippen molar-refractivity contribution in [1.29, 1.82) is 0 Å². The molecule has 0 fully saturated rings. The van der Waals surface area contributed by atoms with E-state index in [2.05, 4.69) is 5.10 Å². The molecule has 32 heavy (non-hydrogen) atoms. The third kappa shape index (κ3) is 4.34. The summed E-state index contributed by atoms with van der Waals surface area (Å²) in [5, 5.41) is 4.00. The van der Waals surface area contributed by atoms with Crippen LogP contribution in [-0.4, -0.2) is 22.7 Å². The van der Waals surface area contributed by atoms with E-state index in [9.17, 15) is 26.7 Å². The standard InChI is InChI=1S/C22H17F5N2O3/c1-11-14(9-28-29(11)2)15(30)6-4-12-5-7-16(31-3)13(8-12)10-32-22-20(26)18(24)17(23)19(25)21(22)27/h4-9H,10H2,1-3H3/b6-4+. The van der Waals surface area contributed by atoms with Gasteiger partial charge >= 0.3 is 0 Å². The fourth-order valence-electron chi connectivity index (χ4n) is 2.88. The Balaban J connectivity index is 1.85. The normalized spacial score (nSPS) is 11.2. The number of hydrogen-bond donors (Lipinski definition) is 0. The molecule has 2 aromatic carbocycles. The number of hydrogen-bond acceptors (Lipinski definition) is 4. The van der Waals surface area contributed by atoms with E-state index in [1.807, 2.05) is 0 Å². The van der Waals surface area contributed by atoms with Crippen LogP contribution in [0.3, 0.4) is 0 Å². The van der Waals surface area contributed by atoms with Gasteiger partial charge in [-0.15, -0.1) is 0 Å². The highest BCUT2D eigenvalue weighted by Crippen LogP contribution is 2.31. The predicted molar refractivity (Wildman–Crippen MR) is 105 cm³/mol. The van der Waals surface area contributed by atoms with E-state index in [-0.39, 0.29) is 17.1 Å². The van der Waals surface area contributed by atoms with Crippen LogP contribution in [-0.2, 0) is 13.7 Å². The third-order valence-electron chi connectivity index (χ3n) is 4.77. The third-order valence-corrected chi connectivity index (χ3v) is 4.77. The molecule has 0 spiro atoms. The molecular formula is C22H17F5N2O3. The fraction of sp³-hybridized carbons (Fsp3) is 0.182. The quantitative estimate of drug-likeness (QED) is 0.168. The molecule has 3 rings (SSSR count). The second-order valence-electron chi connectivity index (χ2n) is 6.72. The molecule has 1 aromatic heterocycles. The highest BCUT2D eigenvalue weighted by Gasteiger charge is 2.27. The molecule has 0 aliphatic heterocycles. The van der Waals surface area contributed by atoms with E-state index in [0.29, 0.717) is 16.8 Å². The Labute approximate surface area is 179 Å². The SMILES string of the molecule is COc1ccc(/C=C/C(=O)c2cnn(C)c2C)cc1COc1c(F)c(F)c(F)c(F)c1F. The molecule has 0 atom stereocenters. The van der Waals surface area contributed by atoms with Gasteiger partial charge < -0.3 is 9.47 Å². The molecule has 10 heteroatoms. The van der Waals surface area contributed by atoms with E-state index in [1.54, 1.807) is 24.7 Å². The number of halogens is 5. The van der Waals surface area contributed by atoms with Gasteiger partial charge in [0.25, 0.3) is 0 Å². The first-order valence-electron chi connectivity index (χ1n) is 9.17. The molecule has 0 amide bonds. The number of carbonyl (C=O) groups excluding carboxylic acids is 1. The van der Waals surface area contributed by atoms with E-state index < -0.39 is 41.4 Å². The minimum absolute atomic E-state index is 0.250. The summed E-state index contributed by atoms with van der Waals surface area (Å²) in [7, 11) is 3.04. The monoisotopic (exact) mass is 452 g/mol. The molecule has 0 aliphatic carbocycles. The zero-order valence-corrected chi connectivity index (χ0v) is 17.2. The number of carbonyl (C=O) groups is 1. The number of benzene rings is 2. The van der Waals surface area contributed by atoms with Gasteiger partial charge in [-0.2, -0.15) is 13.9 Å². The van der Waals surface area contributed by atoms with Crippen LogP contribution in [0.2, 0.25) is 0 Å². The van der Waals surface area contributed by atoms with E-state index >= 15 is 0 Å². The van der Waals surface area contributed by atoms with Crippen molar-refractivity contribution in [2.45, 2.75) is 13.5 Å². The summed E-state index contributed by atoms with van der Waals surface area (Å²) >= 11 is 0. The van der Waals surface area contributed by atoms with Crippen LogP contribution in [0.4, 0.5) is 22.0 Å². The van der Waals surface area contributed by atoms with Crippen molar-refractivity contribution in [3.63, 3.8) is 0 Å². The molecule has 3 aromatic rings. The lowest BCUT2D eigenvalue weighted by Crippen LogP contribution is -2.07. The van der Waals surface area contributed by atoms with Gasteiger partial charge in [0.2, 0.25) is 29.1 Å². The second-order valence-corrected chi connectivity index (χ2v) is 6.72. The van der Waals surface area contributed by atoms with Crippen LogP contribution in [0.15, 0.2) is 30.5 Å². The minimum Gasteiger partial charge on any atom is -0.496 e. The van der Waals surface area contributed by atoms with Crippen molar-refractivity contribution >= 4 is 11.9 Å². The summed E-state index contributed by atoms with van der Waals surface area (Å²) in [5.41, 5.74) is 1.87. The number of rotatable bonds is 7. The first kappa shape index (κ1) is 23.0. The molecule has 0 unspecified atom stereocenters. The number of ketones is 1. The van der Waals surface area contributed by atoms with Crippen molar-refractivity contribution in [2.75, 3.05) is 7.11 Å². The van der Waals surface area contributed by atoms with Crippen LogP contribution in [0.5, 0.6) is 11.5 Å². The lowest BCUT2D eigenvalue weighted by Gasteiger charge is -2.13. The molecule has 1 heterocycles. The number of ether oxygens (including phenoxy) is 2. The lowest BCUT2D eigenvalue weighted by molar-refractivity contribution is 0.104. The first-order valence-corrected chi connectivity index (χ1v) is 9.17. The Morgan fingerprint density at radius 2 is 1.69 bits per heavy atom. The summed E-state index contributed by atoms with van der Waals surface area (Å²) in [6.45, 7) is 1.19. The van der Waals surface area contributed by atoms with Crippen molar-refractivity contribution in [3.05, 3.63) is 81.9 Å². The van der Waals surface area contributed by atoms with Gasteiger partial charge in [-0.3, -0.25) is 9.48 Å². The van der Waals surface area contributed by atoms with E-state index in [0.717, 1.165) is 0 Å². The van der Waals surface area contributed by atoms with Gasteiger partial charge in [0, 0.05) is 18.3 Å². The number of aryl methyl sites for hydroxylation is 1. The highest BCUT2D eigenvalue weighted by atomic mass is 19.2.